The van der Waals surface area contributed by atoms with Gasteiger partial charge in [0.15, 0.2) is 0 Å². The maximum atomic E-state index is 13.3. The van der Waals surface area contributed by atoms with E-state index < -0.39 is 24.3 Å². The molecule has 2 aromatic heterocycles. The van der Waals surface area contributed by atoms with Crippen LogP contribution >= 0.6 is 0 Å². The van der Waals surface area contributed by atoms with Crippen LogP contribution in [-0.4, -0.2) is 22.5 Å². The summed E-state index contributed by atoms with van der Waals surface area (Å²) in [7, 11) is 0. The number of hydrogen-bond donors (Lipinski definition) is 3. The van der Waals surface area contributed by atoms with Crippen molar-refractivity contribution in [1.82, 2.24) is 9.97 Å². The number of urea groups is 1. The highest BCUT2D eigenvalue weighted by atomic mass is 19.4. The lowest BCUT2D eigenvalue weighted by atomic mass is 10.1. The van der Waals surface area contributed by atoms with Gasteiger partial charge >= 0.3 is 12.2 Å². The molecule has 1 aliphatic heterocycles. The number of nitrogens with zero attached hydrogens (tertiary/aromatic N) is 2. The minimum atomic E-state index is -4.61. The van der Waals surface area contributed by atoms with Gasteiger partial charge in [0.1, 0.15) is 5.65 Å². The number of nitrogens with one attached hydrogen (secondary N) is 3. The van der Waals surface area contributed by atoms with Crippen LogP contribution in [-0.2, 0) is 19.1 Å². The Labute approximate surface area is 190 Å². The van der Waals surface area contributed by atoms with Crippen LogP contribution < -0.4 is 15.5 Å². The monoisotopic (exact) mass is 453 g/mol. The van der Waals surface area contributed by atoms with Crippen molar-refractivity contribution in [2.24, 2.45) is 0 Å². The minimum Gasteiger partial charge on any atom is -0.367 e. The van der Waals surface area contributed by atoms with Gasteiger partial charge in [-0.1, -0.05) is 18.2 Å². The Morgan fingerprint density at radius 2 is 1.88 bits per heavy atom. The lowest BCUT2D eigenvalue weighted by molar-refractivity contribution is -0.136. The third kappa shape index (κ3) is 4.09. The first-order chi connectivity index (χ1) is 16.7. The van der Waals surface area contributed by atoms with E-state index in [0.717, 1.165) is 6.07 Å². The van der Waals surface area contributed by atoms with Crippen molar-refractivity contribution in [3.63, 3.8) is 0 Å². The summed E-state index contributed by atoms with van der Waals surface area (Å²) in [6.45, 7) is -1.52. The van der Waals surface area contributed by atoms with Gasteiger partial charge in [0, 0.05) is 47.8 Å². The molecule has 1 aliphatic rings. The molecular weight excluding hydrogens is 431 g/mol. The number of para-hydroxylation sites is 1. The third-order valence-corrected chi connectivity index (χ3v) is 5.47. The van der Waals surface area contributed by atoms with Gasteiger partial charge in [0.25, 0.3) is 0 Å². The molecule has 9 heteroatoms. The Kier molecular flexibility index (Phi) is 4.59. The van der Waals surface area contributed by atoms with E-state index in [1.165, 1.54) is 18.2 Å². The summed E-state index contributed by atoms with van der Waals surface area (Å²) >= 11 is 0. The van der Waals surface area contributed by atoms with Gasteiger partial charge in [-0.3, -0.25) is 0 Å². The molecule has 2 amide bonds. The molecule has 2 aromatic carbocycles. The number of carbonyl (C=O) groups is 1. The summed E-state index contributed by atoms with van der Waals surface area (Å²) in [4.78, 5) is 21.4. The Morgan fingerprint density at radius 3 is 2.73 bits per heavy atom. The lowest BCUT2D eigenvalue weighted by Crippen LogP contribution is -2.22. The van der Waals surface area contributed by atoms with Gasteiger partial charge in [-0.2, -0.15) is 13.2 Å². The fraction of sp³-hybridized carbons (Fsp3) is 0.167. The Hall–Kier alpha value is -4.01. The first-order valence-corrected chi connectivity index (χ1v) is 10.2. The molecule has 0 radical (unpaired) electrons. The van der Waals surface area contributed by atoms with E-state index in [1.54, 1.807) is 47.6 Å². The quantitative estimate of drug-likeness (QED) is 0.366. The van der Waals surface area contributed by atoms with Crippen LogP contribution in [0.1, 0.15) is 19.4 Å². The maximum Gasteiger partial charge on any atom is 0.418 e. The molecule has 6 nitrogen and oxygen atoms in total. The van der Waals surface area contributed by atoms with Crippen LogP contribution in [0.5, 0.6) is 0 Å². The Balaban J connectivity index is 1.41. The zero-order chi connectivity index (χ0) is 24.8. The van der Waals surface area contributed by atoms with Crippen molar-refractivity contribution in [3.8, 4) is 0 Å². The first-order valence-electron chi connectivity index (χ1n) is 11.2. The molecule has 0 bridgehead atoms. The molecule has 4 aromatic rings. The number of aromatic nitrogens is 2. The van der Waals surface area contributed by atoms with Gasteiger partial charge < -0.3 is 20.5 Å². The number of fused-ring (bicyclic) bond motifs is 2. The van der Waals surface area contributed by atoms with E-state index in [1.807, 2.05) is 0 Å². The molecule has 0 spiro atoms. The Morgan fingerprint density at radius 1 is 1.09 bits per heavy atom. The topological polar surface area (TPSA) is 73.0 Å². The standard InChI is InChI=1S/C24H20F3N5O/c25-24(26,27)18-4-1-2-5-20(18)31-23(33)30-19-6-3-7-21-17(19)10-13-32(21)14-15-8-11-28-22-16(15)9-12-29-22/h1-9,11-12H,10,13-14H2,(H,28,29)(H2,30,31,33)/i14D2. The number of hydrogen-bond acceptors (Lipinski definition) is 3. The van der Waals surface area contributed by atoms with Crippen molar-refractivity contribution in [3.05, 3.63) is 83.7 Å². The number of anilines is 3. The molecule has 5 rings (SSSR count). The molecule has 168 valence electrons. The van der Waals surface area contributed by atoms with Gasteiger partial charge in [-0.05, 0) is 48.4 Å². The van der Waals surface area contributed by atoms with Crippen molar-refractivity contribution < 1.29 is 20.7 Å². The van der Waals surface area contributed by atoms with Crippen LogP contribution in [0.3, 0.4) is 0 Å². The number of pyridine rings is 1. The van der Waals surface area contributed by atoms with Gasteiger partial charge in [-0.15, -0.1) is 0 Å². The van der Waals surface area contributed by atoms with Gasteiger partial charge in [0.2, 0.25) is 0 Å². The summed E-state index contributed by atoms with van der Waals surface area (Å²) in [6.07, 6.45) is -0.912. The van der Waals surface area contributed by atoms with E-state index in [9.17, 15) is 18.0 Å². The van der Waals surface area contributed by atoms with Crippen LogP contribution in [0.25, 0.3) is 11.0 Å². The molecule has 0 atom stereocenters. The minimum absolute atomic E-state index is 0.351. The predicted octanol–water partition coefficient (Wildman–Crippen LogP) is 5.79. The smallest absolute Gasteiger partial charge is 0.367 e. The van der Waals surface area contributed by atoms with Crippen molar-refractivity contribution >= 4 is 34.1 Å². The first kappa shape index (κ1) is 18.6. The summed E-state index contributed by atoms with van der Waals surface area (Å²) in [5.41, 5.74) is 1.45. The summed E-state index contributed by atoms with van der Waals surface area (Å²) in [5, 5.41) is 5.57. The number of H-pyrrole nitrogens is 1. The van der Waals surface area contributed by atoms with Crippen LogP contribution in [0, 0.1) is 0 Å². The third-order valence-electron chi connectivity index (χ3n) is 5.47. The fourth-order valence-electron chi connectivity index (χ4n) is 3.99. The normalized spacial score (nSPS) is 14.6. The average molecular weight is 453 g/mol. The van der Waals surface area contributed by atoms with Crippen LogP contribution in [0.15, 0.2) is 67.0 Å². The van der Waals surface area contributed by atoms with Crippen molar-refractivity contribution in [1.29, 1.82) is 0 Å². The van der Waals surface area contributed by atoms with Gasteiger partial charge in [-0.25, -0.2) is 9.78 Å². The zero-order valence-corrected chi connectivity index (χ0v) is 17.2. The van der Waals surface area contributed by atoms with E-state index in [2.05, 4.69) is 20.6 Å². The molecule has 0 saturated heterocycles. The number of aromatic amines is 1. The number of amides is 2. The van der Waals surface area contributed by atoms with Crippen LogP contribution in [0.4, 0.5) is 35.0 Å². The molecular formula is C24H20F3N5O. The summed E-state index contributed by atoms with van der Waals surface area (Å²) in [6, 6.07) is 12.4. The lowest BCUT2D eigenvalue weighted by Gasteiger charge is -2.20. The second kappa shape index (κ2) is 8.16. The highest BCUT2D eigenvalue weighted by Gasteiger charge is 2.33. The molecule has 0 fully saturated rings. The summed E-state index contributed by atoms with van der Waals surface area (Å²) < 4.78 is 57.6. The molecule has 3 heterocycles. The number of alkyl halides is 3. The number of halogens is 3. The predicted molar refractivity (Wildman–Crippen MR) is 121 cm³/mol. The van der Waals surface area contributed by atoms with Crippen LogP contribution in [0.2, 0.25) is 0 Å². The second-order valence-corrected chi connectivity index (χ2v) is 7.54. The van der Waals surface area contributed by atoms with E-state index in [4.69, 9.17) is 2.74 Å². The second-order valence-electron chi connectivity index (χ2n) is 7.54. The Bertz CT molecular complexity index is 1420. The zero-order valence-electron chi connectivity index (χ0n) is 19.2. The number of benzene rings is 2. The van der Waals surface area contributed by atoms with Gasteiger partial charge in [0.05, 0.1) is 14.0 Å². The van der Waals surface area contributed by atoms with Crippen molar-refractivity contribution in [2.75, 3.05) is 22.1 Å². The number of carbonyl (C=O) groups excluding carboxylic acids is 1. The SMILES string of the molecule is [2H]C([2H])(c1ccnc2[nH]ccc12)N1CCc2c(NC(=O)Nc3ccccc3C(F)(F)F)cccc21. The highest BCUT2D eigenvalue weighted by Crippen LogP contribution is 2.36. The van der Waals surface area contributed by atoms with Crippen molar-refractivity contribution in [2.45, 2.75) is 19.1 Å². The maximum absolute atomic E-state index is 13.3. The summed E-state index contributed by atoms with van der Waals surface area (Å²) in [5.74, 6) is 0. The largest absolute Gasteiger partial charge is 0.418 e. The molecule has 0 saturated carbocycles. The van der Waals surface area contributed by atoms with E-state index in [-0.39, 0.29) is 5.69 Å². The number of rotatable bonds is 4. The van der Waals surface area contributed by atoms with E-state index in [0.29, 0.717) is 46.5 Å². The van der Waals surface area contributed by atoms with E-state index >= 15 is 0 Å². The molecule has 33 heavy (non-hydrogen) atoms. The fourth-order valence-corrected chi connectivity index (χ4v) is 3.99. The average Bonchev–Trinajstić information content (AvgIpc) is 3.46. The molecule has 0 unspecified atom stereocenters. The highest BCUT2D eigenvalue weighted by molar-refractivity contribution is 6.01. The molecule has 0 aliphatic carbocycles. The molecule has 3 N–H and O–H groups in total.